The lowest BCUT2D eigenvalue weighted by Crippen LogP contribution is -2.45. The van der Waals surface area contributed by atoms with Gasteiger partial charge in [0.05, 0.1) is 6.04 Å². The third-order valence-corrected chi connectivity index (χ3v) is 5.56. The summed E-state index contributed by atoms with van der Waals surface area (Å²) in [6.07, 6.45) is 0. The number of nitrogens with one attached hydrogen (secondary N) is 1. The highest BCUT2D eigenvalue weighted by molar-refractivity contribution is 9.10. The van der Waals surface area contributed by atoms with Crippen molar-refractivity contribution in [3.63, 3.8) is 0 Å². The van der Waals surface area contributed by atoms with Crippen LogP contribution in [0.2, 0.25) is 0 Å². The fourth-order valence-corrected chi connectivity index (χ4v) is 3.95. The second-order valence-corrected chi connectivity index (χ2v) is 7.64. The predicted octanol–water partition coefficient (Wildman–Crippen LogP) is 5.11. The molecule has 3 aromatic rings. The SMILES string of the molecule is Brc1ccc(C(c2ccc(-c3ccccc3)cc2)N2CCNCC2)cc1. The van der Waals surface area contributed by atoms with Gasteiger partial charge in [-0.2, -0.15) is 0 Å². The standard InChI is InChI=1S/C23H23BrN2/c24-22-12-10-21(11-13-22)23(26-16-14-25-15-17-26)20-8-6-19(7-9-20)18-4-2-1-3-5-18/h1-13,23,25H,14-17H2. The number of hydrogen-bond donors (Lipinski definition) is 1. The Morgan fingerprint density at radius 1 is 0.692 bits per heavy atom. The van der Waals surface area contributed by atoms with Gasteiger partial charge in [0.1, 0.15) is 0 Å². The molecule has 1 atom stereocenters. The number of piperazine rings is 1. The Morgan fingerprint density at radius 2 is 1.23 bits per heavy atom. The first kappa shape index (κ1) is 17.5. The van der Waals surface area contributed by atoms with Gasteiger partial charge in [-0.1, -0.05) is 82.7 Å². The normalized spacial score (nSPS) is 16.3. The average Bonchev–Trinajstić information content (AvgIpc) is 2.72. The molecule has 1 unspecified atom stereocenters. The van der Waals surface area contributed by atoms with Crippen LogP contribution in [0.15, 0.2) is 83.3 Å². The minimum absolute atomic E-state index is 0.301. The maximum Gasteiger partial charge on any atom is 0.0602 e. The van der Waals surface area contributed by atoms with Gasteiger partial charge in [-0.3, -0.25) is 4.90 Å². The van der Waals surface area contributed by atoms with Crippen molar-refractivity contribution in [2.75, 3.05) is 26.2 Å². The Kier molecular flexibility index (Phi) is 5.49. The van der Waals surface area contributed by atoms with E-state index in [2.05, 4.69) is 105 Å². The van der Waals surface area contributed by atoms with Crippen molar-refractivity contribution in [1.82, 2.24) is 10.2 Å². The quantitative estimate of drug-likeness (QED) is 0.647. The lowest BCUT2D eigenvalue weighted by molar-refractivity contribution is 0.198. The first-order valence-corrected chi connectivity index (χ1v) is 9.96. The van der Waals surface area contributed by atoms with Gasteiger partial charge in [0.25, 0.3) is 0 Å². The highest BCUT2D eigenvalue weighted by Gasteiger charge is 2.23. The van der Waals surface area contributed by atoms with E-state index >= 15 is 0 Å². The van der Waals surface area contributed by atoms with Crippen LogP contribution in [0.3, 0.4) is 0 Å². The monoisotopic (exact) mass is 406 g/mol. The summed E-state index contributed by atoms with van der Waals surface area (Å²) in [6, 6.07) is 28.7. The summed E-state index contributed by atoms with van der Waals surface area (Å²) in [7, 11) is 0. The van der Waals surface area contributed by atoms with Crippen LogP contribution in [0.1, 0.15) is 17.2 Å². The van der Waals surface area contributed by atoms with Crippen molar-refractivity contribution in [2.24, 2.45) is 0 Å². The van der Waals surface area contributed by atoms with E-state index in [9.17, 15) is 0 Å². The highest BCUT2D eigenvalue weighted by Crippen LogP contribution is 2.31. The third kappa shape index (κ3) is 3.90. The topological polar surface area (TPSA) is 15.3 Å². The van der Waals surface area contributed by atoms with E-state index in [1.54, 1.807) is 0 Å². The van der Waals surface area contributed by atoms with E-state index in [0.29, 0.717) is 6.04 Å². The molecule has 1 heterocycles. The fourth-order valence-electron chi connectivity index (χ4n) is 3.69. The molecule has 3 aromatic carbocycles. The van der Waals surface area contributed by atoms with Gasteiger partial charge in [-0.25, -0.2) is 0 Å². The molecule has 3 heteroatoms. The number of hydrogen-bond acceptors (Lipinski definition) is 2. The smallest absolute Gasteiger partial charge is 0.0602 e. The third-order valence-electron chi connectivity index (χ3n) is 5.04. The molecule has 26 heavy (non-hydrogen) atoms. The van der Waals surface area contributed by atoms with E-state index < -0.39 is 0 Å². The molecule has 0 bridgehead atoms. The number of nitrogens with zero attached hydrogens (tertiary/aromatic N) is 1. The zero-order chi connectivity index (χ0) is 17.8. The zero-order valence-corrected chi connectivity index (χ0v) is 16.3. The summed E-state index contributed by atoms with van der Waals surface area (Å²) < 4.78 is 1.12. The Morgan fingerprint density at radius 3 is 1.85 bits per heavy atom. The molecule has 1 aliphatic heterocycles. The van der Waals surface area contributed by atoms with Crippen LogP contribution in [0, 0.1) is 0 Å². The van der Waals surface area contributed by atoms with Gasteiger partial charge in [-0.15, -0.1) is 0 Å². The lowest BCUT2D eigenvalue weighted by Gasteiger charge is -2.35. The molecule has 0 aromatic heterocycles. The summed E-state index contributed by atoms with van der Waals surface area (Å²) in [4.78, 5) is 2.58. The van der Waals surface area contributed by atoms with Crippen molar-refractivity contribution in [1.29, 1.82) is 0 Å². The van der Waals surface area contributed by atoms with Crippen LogP contribution in [0.25, 0.3) is 11.1 Å². The molecule has 0 amide bonds. The molecular weight excluding hydrogens is 384 g/mol. The summed E-state index contributed by atoms with van der Waals surface area (Å²) in [5.41, 5.74) is 5.24. The van der Waals surface area contributed by atoms with Crippen molar-refractivity contribution in [3.8, 4) is 11.1 Å². The fraction of sp³-hybridized carbons (Fsp3) is 0.217. The molecule has 4 rings (SSSR count). The van der Waals surface area contributed by atoms with Gasteiger partial charge in [0.2, 0.25) is 0 Å². The predicted molar refractivity (Wildman–Crippen MR) is 112 cm³/mol. The molecule has 132 valence electrons. The minimum Gasteiger partial charge on any atom is -0.314 e. The van der Waals surface area contributed by atoms with Crippen LogP contribution >= 0.6 is 15.9 Å². The zero-order valence-electron chi connectivity index (χ0n) is 14.7. The maximum absolute atomic E-state index is 3.56. The molecule has 1 aliphatic rings. The second kappa shape index (κ2) is 8.17. The van der Waals surface area contributed by atoms with Crippen molar-refractivity contribution < 1.29 is 0 Å². The van der Waals surface area contributed by atoms with E-state index in [-0.39, 0.29) is 0 Å². The Labute approximate surface area is 164 Å². The highest BCUT2D eigenvalue weighted by atomic mass is 79.9. The van der Waals surface area contributed by atoms with E-state index in [4.69, 9.17) is 0 Å². The molecule has 1 fully saturated rings. The average molecular weight is 407 g/mol. The number of rotatable bonds is 4. The summed E-state index contributed by atoms with van der Waals surface area (Å²) in [6.45, 7) is 4.24. The van der Waals surface area contributed by atoms with Crippen LogP contribution in [-0.2, 0) is 0 Å². The van der Waals surface area contributed by atoms with Crippen molar-refractivity contribution in [2.45, 2.75) is 6.04 Å². The maximum atomic E-state index is 3.56. The van der Waals surface area contributed by atoms with E-state index in [0.717, 1.165) is 30.7 Å². The first-order chi connectivity index (χ1) is 12.8. The molecular formula is C23H23BrN2. The van der Waals surface area contributed by atoms with Crippen molar-refractivity contribution >= 4 is 15.9 Å². The summed E-state index contributed by atoms with van der Waals surface area (Å²) in [5, 5.41) is 3.46. The first-order valence-electron chi connectivity index (χ1n) is 9.17. The Bertz CT molecular complexity index is 822. The van der Waals surface area contributed by atoms with Gasteiger partial charge in [0.15, 0.2) is 0 Å². The molecule has 0 spiro atoms. The summed E-state index contributed by atoms with van der Waals surface area (Å²) >= 11 is 3.56. The molecule has 1 saturated heterocycles. The number of halogens is 1. The largest absolute Gasteiger partial charge is 0.314 e. The van der Waals surface area contributed by atoms with E-state index in [1.165, 1.54) is 22.3 Å². The molecule has 0 saturated carbocycles. The van der Waals surface area contributed by atoms with Gasteiger partial charge < -0.3 is 5.32 Å². The van der Waals surface area contributed by atoms with Crippen LogP contribution in [0.4, 0.5) is 0 Å². The second-order valence-electron chi connectivity index (χ2n) is 6.73. The lowest BCUT2D eigenvalue weighted by atomic mass is 9.94. The molecule has 0 radical (unpaired) electrons. The molecule has 2 nitrogen and oxygen atoms in total. The van der Waals surface area contributed by atoms with Gasteiger partial charge in [-0.05, 0) is 34.4 Å². The van der Waals surface area contributed by atoms with Crippen molar-refractivity contribution in [3.05, 3.63) is 94.5 Å². The van der Waals surface area contributed by atoms with Gasteiger partial charge in [0, 0.05) is 30.7 Å². The Hall–Kier alpha value is -1.94. The molecule has 0 aliphatic carbocycles. The van der Waals surface area contributed by atoms with Crippen LogP contribution in [-0.4, -0.2) is 31.1 Å². The van der Waals surface area contributed by atoms with E-state index in [1.807, 2.05) is 0 Å². The summed E-state index contributed by atoms with van der Waals surface area (Å²) in [5.74, 6) is 0. The Balaban J connectivity index is 1.68. The molecule has 1 N–H and O–H groups in total. The van der Waals surface area contributed by atoms with Crippen LogP contribution < -0.4 is 5.32 Å². The van der Waals surface area contributed by atoms with Gasteiger partial charge >= 0.3 is 0 Å². The van der Waals surface area contributed by atoms with Crippen LogP contribution in [0.5, 0.6) is 0 Å². The minimum atomic E-state index is 0.301. The number of benzene rings is 3.